The van der Waals surface area contributed by atoms with Crippen LogP contribution in [0, 0.1) is 0 Å². The van der Waals surface area contributed by atoms with Crippen molar-refractivity contribution in [1.29, 1.82) is 0 Å². The van der Waals surface area contributed by atoms with Crippen molar-refractivity contribution in [2.24, 2.45) is 0 Å². The van der Waals surface area contributed by atoms with E-state index in [9.17, 15) is 13.2 Å². The molecule has 24 heavy (non-hydrogen) atoms. The number of sulfonamides is 1. The number of H-pyrrole nitrogens is 1. The lowest BCUT2D eigenvalue weighted by molar-refractivity contribution is 0.554. The standard InChI is InChI=1S/C16H15N3O4S/c20-16-18-14-4-3-13(8-15(14)23-16)24(21,22)19-12-2-1-10-5-6-17-9-11(10)7-12/h1-4,7-8,17,19H,5-6,9H2,(H,18,20). The van der Waals surface area contributed by atoms with Gasteiger partial charge in [0.2, 0.25) is 0 Å². The third kappa shape index (κ3) is 2.70. The molecule has 124 valence electrons. The van der Waals surface area contributed by atoms with Crippen LogP contribution in [0.3, 0.4) is 0 Å². The van der Waals surface area contributed by atoms with E-state index in [1.54, 1.807) is 6.07 Å². The molecule has 7 nitrogen and oxygen atoms in total. The second-order valence-corrected chi connectivity index (χ2v) is 7.37. The van der Waals surface area contributed by atoms with Crippen molar-refractivity contribution in [2.75, 3.05) is 11.3 Å². The Labute approximate surface area is 137 Å². The van der Waals surface area contributed by atoms with Crippen LogP contribution in [-0.4, -0.2) is 19.9 Å². The van der Waals surface area contributed by atoms with Crippen LogP contribution in [0.4, 0.5) is 5.69 Å². The fourth-order valence-corrected chi connectivity index (χ4v) is 3.92. The van der Waals surface area contributed by atoms with Gasteiger partial charge >= 0.3 is 5.76 Å². The van der Waals surface area contributed by atoms with E-state index in [0.29, 0.717) is 11.2 Å². The first-order chi connectivity index (χ1) is 11.5. The Hall–Kier alpha value is -2.58. The van der Waals surface area contributed by atoms with Crippen molar-refractivity contribution in [1.82, 2.24) is 10.3 Å². The summed E-state index contributed by atoms with van der Waals surface area (Å²) < 4.78 is 32.6. The minimum absolute atomic E-state index is 0.0357. The molecule has 1 aliphatic rings. The lowest BCUT2D eigenvalue weighted by Crippen LogP contribution is -2.23. The van der Waals surface area contributed by atoms with Crippen LogP contribution in [0.5, 0.6) is 0 Å². The molecule has 3 aromatic rings. The molecule has 0 fully saturated rings. The van der Waals surface area contributed by atoms with Gasteiger partial charge in [0, 0.05) is 18.3 Å². The monoisotopic (exact) mass is 345 g/mol. The summed E-state index contributed by atoms with van der Waals surface area (Å²) in [6.07, 6.45) is 0.936. The van der Waals surface area contributed by atoms with Crippen LogP contribution >= 0.6 is 0 Å². The van der Waals surface area contributed by atoms with Gasteiger partial charge in [-0.15, -0.1) is 0 Å². The molecule has 4 rings (SSSR count). The van der Waals surface area contributed by atoms with E-state index in [1.165, 1.54) is 23.8 Å². The predicted octanol–water partition coefficient (Wildman–Crippen LogP) is 1.57. The zero-order valence-corrected chi connectivity index (χ0v) is 13.4. The van der Waals surface area contributed by atoms with Gasteiger partial charge in [-0.2, -0.15) is 0 Å². The maximum atomic E-state index is 12.6. The maximum absolute atomic E-state index is 12.6. The summed E-state index contributed by atoms with van der Waals surface area (Å²) in [6, 6.07) is 9.81. The lowest BCUT2D eigenvalue weighted by atomic mass is 10.0. The highest BCUT2D eigenvalue weighted by Crippen LogP contribution is 2.23. The number of aromatic amines is 1. The lowest BCUT2D eigenvalue weighted by Gasteiger charge is -2.18. The van der Waals surface area contributed by atoms with Crippen LogP contribution in [-0.2, 0) is 23.0 Å². The Morgan fingerprint density at radius 3 is 2.83 bits per heavy atom. The molecular weight excluding hydrogens is 330 g/mol. The van der Waals surface area contributed by atoms with Gasteiger partial charge in [0.15, 0.2) is 5.58 Å². The largest absolute Gasteiger partial charge is 0.417 e. The van der Waals surface area contributed by atoms with Crippen LogP contribution < -0.4 is 15.8 Å². The summed E-state index contributed by atoms with van der Waals surface area (Å²) in [6.45, 7) is 1.66. The molecule has 8 heteroatoms. The van der Waals surface area contributed by atoms with Gasteiger partial charge in [0.05, 0.1) is 10.4 Å². The van der Waals surface area contributed by atoms with E-state index < -0.39 is 15.8 Å². The number of benzene rings is 2. The van der Waals surface area contributed by atoms with Gasteiger partial charge in [0.25, 0.3) is 10.0 Å². The molecule has 0 saturated heterocycles. The molecule has 0 aliphatic carbocycles. The summed E-state index contributed by atoms with van der Waals surface area (Å²) in [4.78, 5) is 13.7. The third-order valence-electron chi connectivity index (χ3n) is 4.05. The third-order valence-corrected chi connectivity index (χ3v) is 5.43. The summed E-state index contributed by atoms with van der Waals surface area (Å²) in [5.41, 5.74) is 3.49. The molecule has 0 saturated carbocycles. The van der Waals surface area contributed by atoms with Crippen LogP contribution in [0.15, 0.2) is 50.5 Å². The number of fused-ring (bicyclic) bond motifs is 2. The fourth-order valence-electron chi connectivity index (χ4n) is 2.85. The Morgan fingerprint density at radius 1 is 1.08 bits per heavy atom. The average Bonchev–Trinajstić information content (AvgIpc) is 2.93. The van der Waals surface area contributed by atoms with Crippen molar-refractivity contribution in [3.63, 3.8) is 0 Å². The Morgan fingerprint density at radius 2 is 1.96 bits per heavy atom. The van der Waals surface area contributed by atoms with Crippen LogP contribution in [0.25, 0.3) is 11.1 Å². The molecule has 0 unspecified atom stereocenters. The van der Waals surface area contributed by atoms with Gasteiger partial charge in [-0.1, -0.05) is 6.07 Å². The number of rotatable bonds is 3. The van der Waals surface area contributed by atoms with Gasteiger partial charge in [-0.3, -0.25) is 9.71 Å². The van der Waals surface area contributed by atoms with Gasteiger partial charge in [-0.05, 0) is 48.4 Å². The smallest absolute Gasteiger partial charge is 0.408 e. The van der Waals surface area contributed by atoms with Crippen molar-refractivity contribution in [3.05, 3.63) is 58.1 Å². The number of hydrogen-bond donors (Lipinski definition) is 3. The van der Waals surface area contributed by atoms with Crippen LogP contribution in [0.1, 0.15) is 11.1 Å². The second kappa shape index (κ2) is 5.50. The van der Waals surface area contributed by atoms with Crippen molar-refractivity contribution in [3.8, 4) is 0 Å². The van der Waals surface area contributed by atoms with Gasteiger partial charge in [0.1, 0.15) is 0 Å². The number of anilines is 1. The van der Waals surface area contributed by atoms with E-state index in [-0.39, 0.29) is 10.5 Å². The number of nitrogens with one attached hydrogen (secondary N) is 3. The van der Waals surface area contributed by atoms with E-state index in [0.717, 1.165) is 25.1 Å². The number of aromatic nitrogens is 1. The van der Waals surface area contributed by atoms with Crippen molar-refractivity contribution < 1.29 is 12.8 Å². The van der Waals surface area contributed by atoms with Gasteiger partial charge < -0.3 is 9.73 Å². The molecule has 2 heterocycles. The first kappa shape index (κ1) is 15.0. The SMILES string of the molecule is O=c1[nH]c2ccc(S(=O)(=O)Nc3ccc4c(c3)CNCC4)cc2o1. The molecule has 0 amide bonds. The quantitative estimate of drug-likeness (QED) is 0.668. The summed E-state index contributed by atoms with van der Waals surface area (Å²) >= 11 is 0. The molecule has 0 atom stereocenters. The van der Waals surface area contributed by atoms with E-state index in [1.807, 2.05) is 12.1 Å². The predicted molar refractivity (Wildman–Crippen MR) is 89.5 cm³/mol. The average molecular weight is 345 g/mol. The van der Waals surface area contributed by atoms with Gasteiger partial charge in [-0.25, -0.2) is 13.2 Å². The Kier molecular flexibility index (Phi) is 3.43. The van der Waals surface area contributed by atoms with Crippen molar-refractivity contribution in [2.45, 2.75) is 17.9 Å². The Balaban J connectivity index is 1.67. The second-order valence-electron chi connectivity index (χ2n) is 5.69. The first-order valence-electron chi connectivity index (χ1n) is 7.49. The Bertz CT molecular complexity index is 1080. The van der Waals surface area contributed by atoms with Crippen molar-refractivity contribution >= 4 is 26.8 Å². The molecule has 2 aromatic carbocycles. The molecule has 1 aromatic heterocycles. The number of oxazole rings is 1. The first-order valence-corrected chi connectivity index (χ1v) is 8.98. The summed E-state index contributed by atoms with van der Waals surface area (Å²) in [7, 11) is -3.77. The molecule has 0 spiro atoms. The maximum Gasteiger partial charge on any atom is 0.417 e. The highest BCUT2D eigenvalue weighted by molar-refractivity contribution is 7.92. The zero-order valence-electron chi connectivity index (χ0n) is 12.6. The minimum Gasteiger partial charge on any atom is -0.408 e. The zero-order chi connectivity index (χ0) is 16.7. The van der Waals surface area contributed by atoms with E-state index >= 15 is 0 Å². The normalized spacial score (nSPS) is 14.5. The number of hydrogen-bond acceptors (Lipinski definition) is 5. The summed E-state index contributed by atoms with van der Waals surface area (Å²) in [5, 5.41) is 3.26. The van der Waals surface area contributed by atoms with E-state index in [4.69, 9.17) is 4.42 Å². The fraction of sp³-hybridized carbons (Fsp3) is 0.188. The minimum atomic E-state index is -3.77. The highest BCUT2D eigenvalue weighted by atomic mass is 32.2. The molecule has 1 aliphatic heterocycles. The highest BCUT2D eigenvalue weighted by Gasteiger charge is 2.17. The molecule has 0 bridgehead atoms. The summed E-state index contributed by atoms with van der Waals surface area (Å²) in [5.74, 6) is -0.616. The molecular formula is C16H15N3O4S. The topological polar surface area (TPSA) is 104 Å². The van der Waals surface area contributed by atoms with E-state index in [2.05, 4.69) is 15.0 Å². The molecule has 3 N–H and O–H groups in total. The molecule has 0 radical (unpaired) electrons. The van der Waals surface area contributed by atoms with Crippen LogP contribution in [0.2, 0.25) is 0 Å².